The molecule has 0 radical (unpaired) electrons. The van der Waals surface area contributed by atoms with Gasteiger partial charge in [0.2, 0.25) is 10.0 Å². The number of aryl methyl sites for hydroxylation is 1. The average Bonchev–Trinajstić information content (AvgIpc) is 3.05. The number of rotatable bonds is 14. The molecule has 0 saturated heterocycles. The Kier molecular flexibility index (Phi) is 13.6. The summed E-state index contributed by atoms with van der Waals surface area (Å²) in [5, 5.41) is -0.154. The zero-order chi connectivity index (χ0) is 34.8. The number of amides is 1. The fourth-order valence-electron chi connectivity index (χ4n) is 6.78. The molecular formula is C37H49ClN2O7S. The highest BCUT2D eigenvalue weighted by Crippen LogP contribution is 2.41. The zero-order valence-corrected chi connectivity index (χ0v) is 29.9. The molecule has 2 aromatic carbocycles. The minimum absolute atomic E-state index is 0.124. The third kappa shape index (κ3) is 9.64. The van der Waals surface area contributed by atoms with Crippen molar-refractivity contribution in [2.75, 3.05) is 31.7 Å². The molecular weight excluding hydrogens is 652 g/mol. The molecule has 48 heavy (non-hydrogen) atoms. The molecule has 0 bridgehead atoms. The van der Waals surface area contributed by atoms with Crippen LogP contribution in [-0.4, -0.2) is 58.5 Å². The number of halogens is 1. The van der Waals surface area contributed by atoms with E-state index in [0.717, 1.165) is 43.2 Å². The second-order valence-electron chi connectivity index (χ2n) is 12.9. The molecule has 1 amide bonds. The van der Waals surface area contributed by atoms with Crippen LogP contribution < -0.4 is 14.4 Å². The molecule has 4 rings (SSSR count). The van der Waals surface area contributed by atoms with E-state index in [1.807, 2.05) is 25.1 Å². The number of nitrogens with one attached hydrogen (secondary N) is 1. The predicted octanol–water partition coefficient (Wildman–Crippen LogP) is 6.88. The molecule has 262 valence electrons. The van der Waals surface area contributed by atoms with Crippen molar-refractivity contribution < 1.29 is 32.2 Å². The first-order valence-electron chi connectivity index (χ1n) is 16.7. The molecule has 11 heteroatoms. The van der Waals surface area contributed by atoms with Crippen LogP contribution in [0.2, 0.25) is 5.02 Å². The number of carbonyl (C=O) groups is 2. The van der Waals surface area contributed by atoms with Crippen molar-refractivity contribution in [2.45, 2.75) is 76.8 Å². The highest BCUT2D eigenvalue weighted by Gasteiger charge is 2.39. The minimum atomic E-state index is -4.04. The van der Waals surface area contributed by atoms with Gasteiger partial charge in [-0.15, -0.1) is 6.58 Å². The van der Waals surface area contributed by atoms with Crippen molar-refractivity contribution in [3.8, 4) is 5.75 Å². The lowest BCUT2D eigenvalue weighted by Gasteiger charge is -2.43. The molecule has 1 heterocycles. The van der Waals surface area contributed by atoms with Gasteiger partial charge in [-0.05, 0) is 98.2 Å². The van der Waals surface area contributed by atoms with Gasteiger partial charge in [0.15, 0.2) is 0 Å². The van der Waals surface area contributed by atoms with Gasteiger partial charge in [-0.1, -0.05) is 43.3 Å². The smallest absolute Gasteiger partial charge is 0.303 e. The summed E-state index contributed by atoms with van der Waals surface area (Å²) in [6, 6.07) is 10.9. The van der Waals surface area contributed by atoms with Gasteiger partial charge in [0.05, 0.1) is 10.9 Å². The van der Waals surface area contributed by atoms with Crippen molar-refractivity contribution >= 4 is 39.2 Å². The van der Waals surface area contributed by atoms with Crippen molar-refractivity contribution in [1.29, 1.82) is 0 Å². The molecule has 0 aromatic heterocycles. The third-order valence-corrected chi connectivity index (χ3v) is 11.7. The molecule has 0 unspecified atom stereocenters. The van der Waals surface area contributed by atoms with Crippen molar-refractivity contribution in [1.82, 2.24) is 4.72 Å². The lowest BCUT2D eigenvalue weighted by molar-refractivity contribution is -0.149. The average molecular weight is 701 g/mol. The van der Waals surface area contributed by atoms with E-state index in [9.17, 15) is 18.0 Å². The van der Waals surface area contributed by atoms with Gasteiger partial charge in [0.25, 0.3) is 5.91 Å². The maximum Gasteiger partial charge on any atom is 0.303 e. The lowest BCUT2D eigenvalue weighted by Crippen LogP contribution is -2.44. The largest absolute Gasteiger partial charge is 0.487 e. The van der Waals surface area contributed by atoms with E-state index in [4.69, 9.17) is 25.8 Å². The molecule has 1 fully saturated rings. The molecule has 1 N–H and O–H groups in total. The van der Waals surface area contributed by atoms with Gasteiger partial charge in [-0.25, -0.2) is 13.1 Å². The van der Waals surface area contributed by atoms with Gasteiger partial charge >= 0.3 is 5.97 Å². The van der Waals surface area contributed by atoms with E-state index >= 15 is 0 Å². The van der Waals surface area contributed by atoms with Crippen LogP contribution in [0.25, 0.3) is 0 Å². The number of hydrogen-bond donors (Lipinski definition) is 1. The number of methoxy groups -OCH3 is 1. The first-order valence-corrected chi connectivity index (χ1v) is 18.6. The quantitative estimate of drug-likeness (QED) is 0.168. The first kappa shape index (κ1) is 37.5. The topological polar surface area (TPSA) is 111 Å². The first-order chi connectivity index (χ1) is 23.0. The Morgan fingerprint density at radius 3 is 2.60 bits per heavy atom. The number of carbonyl (C=O) groups excluding carboxylic acids is 2. The van der Waals surface area contributed by atoms with E-state index < -0.39 is 21.2 Å². The third-order valence-electron chi connectivity index (χ3n) is 9.54. The molecule has 1 aliphatic carbocycles. The Morgan fingerprint density at radius 1 is 1.15 bits per heavy atom. The Morgan fingerprint density at radius 2 is 1.94 bits per heavy atom. The normalized spacial score (nSPS) is 19.9. The molecule has 1 aliphatic heterocycles. The van der Waals surface area contributed by atoms with Crippen molar-refractivity contribution in [3.05, 3.63) is 83.4 Å². The number of hydrogen-bond acceptors (Lipinski definition) is 8. The van der Waals surface area contributed by atoms with Crippen LogP contribution in [0.5, 0.6) is 5.75 Å². The zero-order valence-electron chi connectivity index (χ0n) is 28.3. The Hall–Kier alpha value is -3.34. The standard InChI is InChI=1S/C37H49ClN2O7S/c1-6-10-25(3)36(18-20-45-5)48(43,44)39-37(42)28-14-17-35-33(22-28)40(23-29-13-16-32(29)34(7-2)47-26(4)41)19-9-8-11-27-21-31(38)15-12-30(27)24-46-35/h6-7,12,14-15,17,21-22,25,29,32,34,36H,1-2,8-11,13,16,18-20,23-24H2,3-5H3,(H,39,42)/t25-,29-,32+,34-,36+/m0/s1. The number of sulfonamides is 1. The van der Waals surface area contributed by atoms with Gasteiger partial charge < -0.3 is 19.1 Å². The summed E-state index contributed by atoms with van der Waals surface area (Å²) < 4.78 is 46.6. The summed E-state index contributed by atoms with van der Waals surface area (Å²) in [5.74, 6) is -0.382. The number of fused-ring (bicyclic) bond motifs is 2. The summed E-state index contributed by atoms with van der Waals surface area (Å²) in [4.78, 5) is 27.6. The second-order valence-corrected chi connectivity index (χ2v) is 15.2. The highest BCUT2D eigenvalue weighted by molar-refractivity contribution is 7.90. The Bertz CT molecular complexity index is 1560. The number of allylic oxidation sites excluding steroid dienone is 1. The molecule has 1 saturated carbocycles. The summed E-state index contributed by atoms with van der Waals surface area (Å²) >= 11 is 6.33. The van der Waals surface area contributed by atoms with Gasteiger partial charge in [0, 0.05) is 50.2 Å². The van der Waals surface area contributed by atoms with Crippen LogP contribution in [-0.2, 0) is 37.3 Å². The highest BCUT2D eigenvalue weighted by atomic mass is 35.5. The fraction of sp³-hybridized carbons (Fsp3) is 0.514. The Balaban J connectivity index is 1.67. The number of ether oxygens (including phenoxy) is 3. The lowest BCUT2D eigenvalue weighted by atomic mass is 9.70. The van der Waals surface area contributed by atoms with Gasteiger partial charge in [-0.2, -0.15) is 0 Å². The number of esters is 1. The fourth-order valence-corrected chi connectivity index (χ4v) is 8.63. The second kappa shape index (κ2) is 17.4. The van der Waals surface area contributed by atoms with E-state index in [0.29, 0.717) is 42.6 Å². The van der Waals surface area contributed by atoms with Crippen LogP contribution in [0.3, 0.4) is 0 Å². The predicted molar refractivity (Wildman–Crippen MR) is 190 cm³/mol. The maximum absolute atomic E-state index is 13.6. The number of nitrogens with zero attached hydrogens (tertiary/aromatic N) is 1. The van der Waals surface area contributed by atoms with Gasteiger partial charge in [-0.3, -0.25) is 9.59 Å². The number of benzene rings is 2. The van der Waals surface area contributed by atoms with Crippen LogP contribution in [0.4, 0.5) is 5.69 Å². The molecule has 2 aliphatic rings. The van der Waals surface area contributed by atoms with Crippen molar-refractivity contribution in [2.24, 2.45) is 17.8 Å². The SMILES string of the molecule is C=CC[C@H](C)[C@@H](CCOC)S(=O)(=O)NC(=O)c1ccc2c(c1)N(C[C@@H]1CC[C@H]1[C@H](C=C)OC(C)=O)CCCCc1cc(Cl)ccc1CO2. The summed E-state index contributed by atoms with van der Waals surface area (Å²) in [6.45, 7) is 12.8. The van der Waals surface area contributed by atoms with Crippen molar-refractivity contribution in [3.63, 3.8) is 0 Å². The van der Waals surface area contributed by atoms with Crippen LogP contribution in [0.1, 0.15) is 73.9 Å². The minimum Gasteiger partial charge on any atom is -0.487 e. The van der Waals surface area contributed by atoms with Gasteiger partial charge in [0.1, 0.15) is 18.5 Å². The maximum atomic E-state index is 13.6. The number of anilines is 1. The van der Waals surface area contributed by atoms with Crippen LogP contribution in [0, 0.1) is 17.8 Å². The van der Waals surface area contributed by atoms with E-state index in [-0.39, 0.29) is 48.4 Å². The van der Waals surface area contributed by atoms with E-state index in [1.165, 1.54) is 14.0 Å². The summed E-state index contributed by atoms with van der Waals surface area (Å²) in [5.41, 5.74) is 3.10. The van der Waals surface area contributed by atoms with Crippen LogP contribution >= 0.6 is 11.6 Å². The summed E-state index contributed by atoms with van der Waals surface area (Å²) in [7, 11) is -2.52. The molecule has 9 nitrogen and oxygen atoms in total. The Labute approximate surface area is 290 Å². The van der Waals surface area contributed by atoms with E-state index in [1.54, 1.807) is 30.4 Å². The van der Waals surface area contributed by atoms with Crippen LogP contribution in [0.15, 0.2) is 61.7 Å². The summed E-state index contributed by atoms with van der Waals surface area (Å²) in [6.07, 6.45) is 8.23. The monoisotopic (exact) mass is 700 g/mol. The van der Waals surface area contributed by atoms with E-state index in [2.05, 4.69) is 22.8 Å². The molecule has 5 atom stereocenters. The molecule has 0 spiro atoms. The molecule has 2 aromatic rings.